The normalized spacial score (nSPS) is 20.3. The van der Waals surface area contributed by atoms with Crippen molar-refractivity contribution in [3.63, 3.8) is 0 Å². The van der Waals surface area contributed by atoms with Crippen molar-refractivity contribution in [1.82, 2.24) is 9.88 Å². The lowest BCUT2D eigenvalue weighted by Crippen LogP contribution is -2.42. The van der Waals surface area contributed by atoms with Gasteiger partial charge in [-0.2, -0.15) is 0 Å². The van der Waals surface area contributed by atoms with E-state index in [4.69, 9.17) is 0 Å². The van der Waals surface area contributed by atoms with E-state index in [0.29, 0.717) is 19.0 Å². The number of pyridine rings is 1. The first-order valence-corrected chi connectivity index (χ1v) is 8.06. The monoisotopic (exact) mass is 282 g/mol. The number of nitrogens with zero attached hydrogens (tertiary/aromatic N) is 2. The molecule has 0 N–H and O–H groups in total. The molecule has 1 unspecified atom stereocenters. The van der Waals surface area contributed by atoms with E-state index in [1.165, 1.54) is 12.3 Å². The molecule has 0 aromatic carbocycles. The average molecular weight is 282 g/mol. The van der Waals surface area contributed by atoms with Crippen LogP contribution < -0.4 is 0 Å². The van der Waals surface area contributed by atoms with Gasteiger partial charge in [0.15, 0.2) is 5.03 Å². The van der Waals surface area contributed by atoms with Crippen molar-refractivity contribution in [3.05, 3.63) is 24.4 Å². The molecule has 5 nitrogen and oxygen atoms in total. The van der Waals surface area contributed by atoms with E-state index in [1.807, 2.05) is 0 Å². The van der Waals surface area contributed by atoms with Crippen LogP contribution in [0.3, 0.4) is 0 Å². The minimum atomic E-state index is -3.63. The Morgan fingerprint density at radius 3 is 2.89 bits per heavy atom. The van der Waals surface area contributed by atoms with Crippen LogP contribution in [-0.4, -0.2) is 43.1 Å². The summed E-state index contributed by atoms with van der Waals surface area (Å²) in [5, 5.41) is -0.0339. The van der Waals surface area contributed by atoms with Crippen LogP contribution in [0.4, 0.5) is 0 Å². The standard InChI is InChI=1S/C13H18N2O3S/c1-11-5-4-8-15(9-11)13(16)10-19(17,18)12-6-2-3-7-14-12/h2-3,6-7,11H,4-5,8-10H2,1H3. The Morgan fingerprint density at radius 1 is 1.47 bits per heavy atom. The van der Waals surface area contributed by atoms with Gasteiger partial charge in [0.25, 0.3) is 0 Å². The minimum Gasteiger partial charge on any atom is -0.342 e. The third-order valence-corrected chi connectivity index (χ3v) is 4.79. The predicted octanol–water partition coefficient (Wildman–Crippen LogP) is 1.11. The van der Waals surface area contributed by atoms with Crippen LogP contribution >= 0.6 is 0 Å². The van der Waals surface area contributed by atoms with Gasteiger partial charge in [-0.1, -0.05) is 13.0 Å². The summed E-state index contributed by atoms with van der Waals surface area (Å²) in [6, 6.07) is 4.67. The van der Waals surface area contributed by atoms with Crippen LogP contribution in [0.1, 0.15) is 19.8 Å². The Morgan fingerprint density at radius 2 is 2.26 bits per heavy atom. The summed E-state index contributed by atoms with van der Waals surface area (Å²) in [5.74, 6) is -0.371. The van der Waals surface area contributed by atoms with E-state index in [9.17, 15) is 13.2 Å². The molecule has 1 aliphatic rings. The van der Waals surface area contributed by atoms with Crippen molar-refractivity contribution in [2.45, 2.75) is 24.8 Å². The fraction of sp³-hybridized carbons (Fsp3) is 0.538. The first kappa shape index (κ1) is 14.0. The van der Waals surface area contributed by atoms with E-state index in [0.717, 1.165) is 12.8 Å². The molecular weight excluding hydrogens is 264 g/mol. The van der Waals surface area contributed by atoms with Crippen LogP contribution in [0.25, 0.3) is 0 Å². The molecule has 0 spiro atoms. The second-order valence-electron chi connectivity index (χ2n) is 5.01. The molecule has 2 heterocycles. The highest BCUT2D eigenvalue weighted by atomic mass is 32.2. The molecule has 0 aliphatic carbocycles. The zero-order chi connectivity index (χ0) is 13.9. The number of likely N-dealkylation sites (tertiary alicyclic amines) is 1. The quantitative estimate of drug-likeness (QED) is 0.833. The summed E-state index contributed by atoms with van der Waals surface area (Å²) < 4.78 is 24.1. The second-order valence-corrected chi connectivity index (χ2v) is 6.95. The Hall–Kier alpha value is -1.43. The fourth-order valence-corrected chi connectivity index (χ4v) is 3.44. The number of piperidine rings is 1. The Kier molecular flexibility index (Phi) is 4.19. The van der Waals surface area contributed by atoms with Crippen molar-refractivity contribution in [2.24, 2.45) is 5.92 Å². The molecule has 19 heavy (non-hydrogen) atoms. The lowest BCUT2D eigenvalue weighted by Gasteiger charge is -2.30. The van der Waals surface area contributed by atoms with Crippen LogP contribution in [-0.2, 0) is 14.6 Å². The highest BCUT2D eigenvalue weighted by Gasteiger charge is 2.26. The minimum absolute atomic E-state index is 0.0339. The molecule has 1 aliphatic heterocycles. The Labute approximate surface area is 113 Å². The van der Waals surface area contributed by atoms with Gasteiger partial charge in [0.1, 0.15) is 5.75 Å². The topological polar surface area (TPSA) is 67.3 Å². The molecule has 6 heteroatoms. The summed E-state index contributed by atoms with van der Waals surface area (Å²) >= 11 is 0. The van der Waals surface area contributed by atoms with E-state index in [-0.39, 0.29) is 10.9 Å². The first-order valence-electron chi connectivity index (χ1n) is 6.40. The van der Waals surface area contributed by atoms with Gasteiger partial charge in [-0.25, -0.2) is 13.4 Å². The number of amides is 1. The van der Waals surface area contributed by atoms with Gasteiger partial charge in [-0.3, -0.25) is 4.79 Å². The lowest BCUT2D eigenvalue weighted by atomic mass is 10.0. The number of carbonyl (C=O) groups excluding carboxylic acids is 1. The van der Waals surface area contributed by atoms with Crippen molar-refractivity contribution in [1.29, 1.82) is 0 Å². The van der Waals surface area contributed by atoms with Gasteiger partial charge >= 0.3 is 0 Å². The van der Waals surface area contributed by atoms with Gasteiger partial charge < -0.3 is 4.90 Å². The SMILES string of the molecule is CC1CCCN(C(=O)CS(=O)(=O)c2ccccn2)C1. The fourth-order valence-electron chi connectivity index (χ4n) is 2.27. The molecule has 1 atom stereocenters. The van der Waals surface area contributed by atoms with Crippen molar-refractivity contribution >= 4 is 15.7 Å². The Bertz CT molecular complexity index is 542. The summed E-state index contributed by atoms with van der Waals surface area (Å²) in [6.45, 7) is 3.38. The van der Waals surface area contributed by atoms with E-state index >= 15 is 0 Å². The number of carbonyl (C=O) groups is 1. The van der Waals surface area contributed by atoms with Gasteiger partial charge in [0.05, 0.1) is 0 Å². The maximum Gasteiger partial charge on any atom is 0.238 e. The molecular formula is C13H18N2O3S. The summed E-state index contributed by atoms with van der Waals surface area (Å²) in [7, 11) is -3.63. The molecule has 1 amide bonds. The molecule has 1 saturated heterocycles. The van der Waals surface area contributed by atoms with Crippen LogP contribution in [0.2, 0.25) is 0 Å². The van der Waals surface area contributed by atoms with Gasteiger partial charge in [0.2, 0.25) is 15.7 Å². The number of rotatable bonds is 3. The lowest BCUT2D eigenvalue weighted by molar-refractivity contribution is -0.130. The van der Waals surface area contributed by atoms with E-state index in [2.05, 4.69) is 11.9 Å². The van der Waals surface area contributed by atoms with Crippen LogP contribution in [0, 0.1) is 5.92 Å². The molecule has 0 bridgehead atoms. The predicted molar refractivity (Wildman–Crippen MR) is 71.3 cm³/mol. The highest BCUT2D eigenvalue weighted by Crippen LogP contribution is 2.16. The van der Waals surface area contributed by atoms with Crippen LogP contribution in [0.5, 0.6) is 0 Å². The third-order valence-electron chi connectivity index (χ3n) is 3.28. The zero-order valence-electron chi connectivity index (χ0n) is 10.9. The summed E-state index contributed by atoms with van der Waals surface area (Å²) in [4.78, 5) is 17.5. The second kappa shape index (κ2) is 5.69. The molecule has 0 radical (unpaired) electrons. The molecule has 1 aromatic rings. The third kappa shape index (κ3) is 3.53. The number of sulfone groups is 1. The van der Waals surface area contributed by atoms with Gasteiger partial charge in [-0.15, -0.1) is 0 Å². The van der Waals surface area contributed by atoms with Crippen LogP contribution in [0.15, 0.2) is 29.4 Å². The van der Waals surface area contributed by atoms with Crippen molar-refractivity contribution < 1.29 is 13.2 Å². The molecule has 1 aromatic heterocycles. The number of aromatic nitrogens is 1. The smallest absolute Gasteiger partial charge is 0.238 e. The van der Waals surface area contributed by atoms with Gasteiger partial charge in [0, 0.05) is 19.3 Å². The molecule has 1 fully saturated rings. The average Bonchev–Trinajstić information content (AvgIpc) is 2.39. The Balaban J connectivity index is 2.06. The largest absolute Gasteiger partial charge is 0.342 e. The van der Waals surface area contributed by atoms with E-state index < -0.39 is 15.6 Å². The molecule has 2 rings (SSSR count). The number of hydrogen-bond donors (Lipinski definition) is 0. The summed E-state index contributed by atoms with van der Waals surface area (Å²) in [5.41, 5.74) is 0. The highest BCUT2D eigenvalue weighted by molar-refractivity contribution is 7.92. The zero-order valence-corrected chi connectivity index (χ0v) is 11.8. The molecule has 104 valence electrons. The van der Waals surface area contributed by atoms with E-state index in [1.54, 1.807) is 17.0 Å². The van der Waals surface area contributed by atoms with Crippen molar-refractivity contribution in [3.8, 4) is 0 Å². The summed E-state index contributed by atoms with van der Waals surface area (Å²) in [6.07, 6.45) is 3.45. The first-order chi connectivity index (χ1) is 8.99. The van der Waals surface area contributed by atoms with Crippen molar-refractivity contribution in [2.75, 3.05) is 18.8 Å². The number of hydrogen-bond acceptors (Lipinski definition) is 4. The van der Waals surface area contributed by atoms with Gasteiger partial charge in [-0.05, 0) is 30.9 Å². The molecule has 0 saturated carbocycles. The maximum absolute atomic E-state index is 12.1. The maximum atomic E-state index is 12.1.